The van der Waals surface area contributed by atoms with Crippen LogP contribution in [0.3, 0.4) is 0 Å². The number of cyclic esters (lactones) is 1. The number of carbonyl (C=O) groups is 1. The van der Waals surface area contributed by atoms with E-state index in [-0.39, 0.29) is 12.2 Å². The molecule has 29 heavy (non-hydrogen) atoms. The molecule has 148 valence electrons. The van der Waals surface area contributed by atoms with Crippen molar-refractivity contribution in [3.8, 4) is 17.1 Å². The van der Waals surface area contributed by atoms with E-state index in [9.17, 15) is 9.59 Å². The molecule has 4 heterocycles. The number of rotatable bonds is 3. The summed E-state index contributed by atoms with van der Waals surface area (Å²) in [4.78, 5) is 30.6. The average molecular weight is 392 g/mol. The van der Waals surface area contributed by atoms with Crippen molar-refractivity contribution in [3.05, 3.63) is 57.4 Å². The van der Waals surface area contributed by atoms with Crippen LogP contribution in [0.25, 0.3) is 22.3 Å². The molecule has 0 saturated carbocycles. The van der Waals surface area contributed by atoms with Gasteiger partial charge in [0, 0.05) is 23.6 Å². The van der Waals surface area contributed by atoms with E-state index in [0.29, 0.717) is 29.8 Å². The second kappa shape index (κ2) is 6.15. The van der Waals surface area contributed by atoms with Crippen molar-refractivity contribution in [2.45, 2.75) is 32.1 Å². The Morgan fingerprint density at radius 2 is 2.03 bits per heavy atom. The van der Waals surface area contributed by atoms with E-state index in [1.165, 1.54) is 7.11 Å². The van der Waals surface area contributed by atoms with Crippen molar-refractivity contribution < 1.29 is 19.0 Å². The van der Waals surface area contributed by atoms with Crippen LogP contribution in [0.15, 0.2) is 35.1 Å². The lowest BCUT2D eigenvalue weighted by atomic mass is 9.85. The molecule has 2 aliphatic heterocycles. The lowest BCUT2D eigenvalue weighted by molar-refractivity contribution is -0.176. The van der Waals surface area contributed by atoms with Gasteiger partial charge in [0.1, 0.15) is 12.4 Å². The van der Waals surface area contributed by atoms with Gasteiger partial charge in [-0.15, -0.1) is 0 Å². The number of carbonyl (C=O) groups excluding carboxylic acids is 1. The van der Waals surface area contributed by atoms with Crippen LogP contribution in [-0.4, -0.2) is 29.7 Å². The van der Waals surface area contributed by atoms with Crippen LogP contribution >= 0.6 is 0 Å². The van der Waals surface area contributed by atoms with Crippen molar-refractivity contribution in [2.75, 3.05) is 14.2 Å². The predicted molar refractivity (Wildman–Crippen MR) is 106 cm³/mol. The molecule has 2 aromatic heterocycles. The largest absolute Gasteiger partial charge is 0.497 e. The molecule has 0 amide bonds. The molecule has 1 atom stereocenters. The molecular weight excluding hydrogens is 372 g/mol. The van der Waals surface area contributed by atoms with Gasteiger partial charge in [0.25, 0.3) is 5.56 Å². The summed E-state index contributed by atoms with van der Waals surface area (Å²) in [6, 6.07) is 9.60. The van der Waals surface area contributed by atoms with Crippen molar-refractivity contribution in [1.29, 1.82) is 0 Å². The first-order valence-electron chi connectivity index (χ1n) is 9.50. The van der Waals surface area contributed by atoms with Crippen LogP contribution in [0.5, 0.6) is 5.75 Å². The Bertz CT molecular complexity index is 1240. The number of pyridine rings is 2. The number of esters is 1. The number of ether oxygens (including phenoxy) is 3. The molecule has 3 aromatic rings. The summed E-state index contributed by atoms with van der Waals surface area (Å²) < 4.78 is 17.9. The standard InChI is InChI=1S/C22H20N2O5/c1-4-22(28-3)16-9-18-19-13(7-12-8-14(27-2)5-6-17(12)23-19)10-24(18)20(25)15(16)11-29-21(22)26/h5-9H,4,10-11H2,1-3H3/t22-/m0/s1. The fourth-order valence-corrected chi connectivity index (χ4v) is 4.42. The third-order valence-electron chi connectivity index (χ3n) is 6.03. The van der Waals surface area contributed by atoms with Crippen LogP contribution < -0.4 is 10.3 Å². The zero-order chi connectivity index (χ0) is 20.3. The van der Waals surface area contributed by atoms with Gasteiger partial charge < -0.3 is 18.8 Å². The summed E-state index contributed by atoms with van der Waals surface area (Å²) in [6.45, 7) is 2.23. The minimum absolute atomic E-state index is 0.0403. The van der Waals surface area contributed by atoms with Gasteiger partial charge in [-0.25, -0.2) is 9.78 Å². The summed E-state index contributed by atoms with van der Waals surface area (Å²) >= 11 is 0. The Balaban J connectivity index is 1.77. The number of hydrogen-bond acceptors (Lipinski definition) is 6. The summed E-state index contributed by atoms with van der Waals surface area (Å²) in [5, 5.41) is 0.951. The minimum Gasteiger partial charge on any atom is -0.497 e. The van der Waals surface area contributed by atoms with Crippen LogP contribution in [0.2, 0.25) is 0 Å². The van der Waals surface area contributed by atoms with Gasteiger partial charge in [0.05, 0.1) is 36.1 Å². The number of fused-ring (bicyclic) bond motifs is 5. The van der Waals surface area contributed by atoms with Crippen molar-refractivity contribution in [3.63, 3.8) is 0 Å². The van der Waals surface area contributed by atoms with Crippen molar-refractivity contribution in [2.24, 2.45) is 0 Å². The molecule has 0 saturated heterocycles. The Morgan fingerprint density at radius 1 is 1.21 bits per heavy atom. The molecule has 0 bridgehead atoms. The predicted octanol–water partition coefficient (Wildman–Crippen LogP) is 2.74. The smallest absolute Gasteiger partial charge is 0.343 e. The van der Waals surface area contributed by atoms with Crippen LogP contribution in [0.1, 0.15) is 30.0 Å². The number of aromatic nitrogens is 2. The first-order valence-corrected chi connectivity index (χ1v) is 9.50. The first-order chi connectivity index (χ1) is 14.0. The molecule has 0 radical (unpaired) electrons. The van der Waals surface area contributed by atoms with Gasteiger partial charge in [-0.3, -0.25) is 4.79 Å². The van der Waals surface area contributed by atoms with Crippen molar-refractivity contribution >= 4 is 16.9 Å². The lowest BCUT2D eigenvalue weighted by Gasteiger charge is -2.34. The van der Waals surface area contributed by atoms with Gasteiger partial charge >= 0.3 is 5.97 Å². The maximum Gasteiger partial charge on any atom is 0.343 e. The lowest BCUT2D eigenvalue weighted by Crippen LogP contribution is -2.45. The molecular formula is C22H20N2O5. The molecule has 0 aliphatic carbocycles. The van der Waals surface area contributed by atoms with E-state index in [2.05, 4.69) is 0 Å². The zero-order valence-electron chi connectivity index (χ0n) is 16.4. The molecule has 0 fully saturated rings. The van der Waals surface area contributed by atoms with Crippen LogP contribution in [-0.2, 0) is 33.0 Å². The molecule has 7 heteroatoms. The average Bonchev–Trinajstić information content (AvgIpc) is 3.10. The monoisotopic (exact) mass is 392 g/mol. The number of benzene rings is 1. The highest BCUT2D eigenvalue weighted by molar-refractivity contribution is 5.87. The highest BCUT2D eigenvalue weighted by atomic mass is 16.6. The Hall–Kier alpha value is -3.19. The topological polar surface area (TPSA) is 79.7 Å². The summed E-state index contributed by atoms with van der Waals surface area (Å²) in [7, 11) is 3.10. The van der Waals surface area contributed by atoms with Gasteiger partial charge in [0.15, 0.2) is 5.60 Å². The van der Waals surface area contributed by atoms with E-state index < -0.39 is 11.6 Å². The molecule has 2 aliphatic rings. The second-order valence-electron chi connectivity index (χ2n) is 7.33. The third-order valence-corrected chi connectivity index (χ3v) is 6.03. The maximum atomic E-state index is 13.3. The van der Waals surface area contributed by atoms with Crippen molar-refractivity contribution in [1.82, 2.24) is 9.55 Å². The molecule has 1 aromatic carbocycles. The van der Waals surface area contributed by atoms with Crippen LogP contribution in [0.4, 0.5) is 0 Å². The minimum atomic E-state index is -1.27. The molecule has 0 N–H and O–H groups in total. The fraction of sp³-hybridized carbons (Fsp3) is 0.318. The van der Waals surface area contributed by atoms with E-state index in [0.717, 1.165) is 27.9 Å². The fourth-order valence-electron chi connectivity index (χ4n) is 4.42. The van der Waals surface area contributed by atoms with Gasteiger partial charge in [-0.2, -0.15) is 0 Å². The second-order valence-corrected chi connectivity index (χ2v) is 7.33. The zero-order valence-corrected chi connectivity index (χ0v) is 16.4. The number of methoxy groups -OCH3 is 2. The number of nitrogens with zero attached hydrogens (tertiary/aromatic N) is 2. The Labute approximate surface area is 166 Å². The highest BCUT2D eigenvalue weighted by Crippen LogP contribution is 2.40. The summed E-state index contributed by atoms with van der Waals surface area (Å²) in [5.74, 6) is 0.294. The summed E-state index contributed by atoms with van der Waals surface area (Å²) in [6.07, 6.45) is 0.371. The Kier molecular flexibility index (Phi) is 3.79. The SMILES string of the molecule is CC[C@@]1(OC)C(=O)OCc2c1cc1n(c2=O)Cc2cc3cc(OC)ccc3nc2-1. The van der Waals surface area contributed by atoms with E-state index in [1.54, 1.807) is 11.7 Å². The van der Waals surface area contributed by atoms with E-state index in [1.807, 2.05) is 37.3 Å². The van der Waals surface area contributed by atoms with E-state index >= 15 is 0 Å². The third kappa shape index (κ3) is 2.31. The Morgan fingerprint density at radius 3 is 2.76 bits per heavy atom. The van der Waals surface area contributed by atoms with E-state index in [4.69, 9.17) is 19.2 Å². The van der Waals surface area contributed by atoms with Crippen LogP contribution in [0, 0.1) is 0 Å². The normalized spacial score (nSPS) is 19.5. The first kappa shape index (κ1) is 17.9. The van der Waals surface area contributed by atoms with Gasteiger partial charge in [0.2, 0.25) is 0 Å². The van der Waals surface area contributed by atoms with Gasteiger partial charge in [-0.1, -0.05) is 6.92 Å². The highest BCUT2D eigenvalue weighted by Gasteiger charge is 2.47. The molecule has 7 nitrogen and oxygen atoms in total. The van der Waals surface area contributed by atoms with Gasteiger partial charge in [-0.05, 0) is 36.8 Å². The molecule has 5 rings (SSSR count). The quantitative estimate of drug-likeness (QED) is 0.499. The number of hydrogen-bond donors (Lipinski definition) is 0. The summed E-state index contributed by atoms with van der Waals surface area (Å²) in [5.41, 5.74) is 2.84. The molecule has 0 unspecified atom stereocenters. The molecule has 0 spiro atoms. The maximum absolute atomic E-state index is 13.3.